The maximum atomic E-state index is 14.9. The Bertz CT molecular complexity index is 1320. The van der Waals surface area contributed by atoms with Gasteiger partial charge < -0.3 is 9.64 Å². The molecule has 3 rings (SSSR count). The van der Waals surface area contributed by atoms with Crippen LogP contribution in [-0.2, 0) is 14.8 Å². The monoisotopic (exact) mass is 536 g/mol. The quantitative estimate of drug-likeness (QED) is 0.306. The van der Waals surface area contributed by atoms with Gasteiger partial charge in [-0.15, -0.1) is 0 Å². The van der Waals surface area contributed by atoms with Crippen molar-refractivity contribution in [3.05, 3.63) is 89.0 Å². The summed E-state index contributed by atoms with van der Waals surface area (Å²) in [6, 6.07) is 13.9. The lowest BCUT2D eigenvalue weighted by Crippen LogP contribution is -2.34. The van der Waals surface area contributed by atoms with E-state index in [1.54, 1.807) is 43.1 Å². The minimum Gasteiger partial charge on any atom is -0.493 e. The van der Waals surface area contributed by atoms with Crippen molar-refractivity contribution in [2.45, 2.75) is 31.2 Å². The predicted octanol–water partition coefficient (Wildman–Crippen LogP) is 5.82. The highest BCUT2D eigenvalue weighted by molar-refractivity contribution is 7.92. The molecule has 3 aromatic carbocycles. The number of halogens is 3. The maximum Gasteiger partial charge on any atom is 0.264 e. The first-order valence-corrected chi connectivity index (χ1v) is 13.0. The number of hydrogen-bond donors (Lipinski definition) is 0. The molecule has 0 fully saturated rings. The normalized spacial score (nSPS) is 12.2. The Morgan fingerprint density at radius 3 is 2.39 bits per heavy atom. The van der Waals surface area contributed by atoms with Gasteiger partial charge in [0.1, 0.15) is 17.4 Å². The highest BCUT2D eigenvalue weighted by Gasteiger charge is 2.34. The highest BCUT2D eigenvalue weighted by atomic mass is 35.5. The van der Waals surface area contributed by atoms with Gasteiger partial charge >= 0.3 is 0 Å². The molecule has 192 valence electrons. The fraction of sp³-hybridized carbons (Fsp3) is 0.269. The number of para-hydroxylation sites is 1. The van der Waals surface area contributed by atoms with Gasteiger partial charge in [0.2, 0.25) is 5.91 Å². The molecule has 10 heteroatoms. The molecule has 0 radical (unpaired) electrons. The van der Waals surface area contributed by atoms with Crippen LogP contribution in [0.3, 0.4) is 0 Å². The number of hydrogen-bond acceptors (Lipinski definition) is 4. The molecule has 0 heterocycles. The van der Waals surface area contributed by atoms with Gasteiger partial charge in [-0.05, 0) is 55.8 Å². The van der Waals surface area contributed by atoms with Crippen LogP contribution in [0.15, 0.2) is 71.6 Å². The number of amides is 1. The number of benzene rings is 3. The van der Waals surface area contributed by atoms with Crippen LogP contribution in [0.25, 0.3) is 0 Å². The molecule has 1 amide bonds. The van der Waals surface area contributed by atoms with Crippen molar-refractivity contribution < 1.29 is 26.7 Å². The maximum absolute atomic E-state index is 14.9. The summed E-state index contributed by atoms with van der Waals surface area (Å²) >= 11 is 5.92. The van der Waals surface area contributed by atoms with Gasteiger partial charge in [0.15, 0.2) is 0 Å². The average Bonchev–Trinajstić information content (AvgIpc) is 2.84. The second-order valence-corrected chi connectivity index (χ2v) is 10.5. The molecule has 0 saturated carbocycles. The van der Waals surface area contributed by atoms with Crippen LogP contribution in [0.4, 0.5) is 14.5 Å². The summed E-state index contributed by atoms with van der Waals surface area (Å²) in [6.45, 7) is 3.79. The van der Waals surface area contributed by atoms with Crippen LogP contribution in [0.2, 0.25) is 5.02 Å². The Labute approximate surface area is 215 Å². The summed E-state index contributed by atoms with van der Waals surface area (Å²) < 4.78 is 63.4. The number of carbonyl (C=O) groups excluding carboxylic acids is 1. The number of anilines is 1. The fourth-order valence-electron chi connectivity index (χ4n) is 3.65. The van der Waals surface area contributed by atoms with Crippen LogP contribution in [0.1, 0.15) is 31.9 Å². The van der Waals surface area contributed by atoms with E-state index in [-0.39, 0.29) is 17.4 Å². The molecule has 3 aromatic rings. The lowest BCUT2D eigenvalue weighted by Gasteiger charge is -2.32. The molecule has 0 spiro atoms. The molecule has 0 aromatic heterocycles. The van der Waals surface area contributed by atoms with Crippen LogP contribution in [-0.4, -0.2) is 39.4 Å². The first-order chi connectivity index (χ1) is 17.0. The Balaban J connectivity index is 2.01. The predicted molar refractivity (Wildman–Crippen MR) is 136 cm³/mol. The molecule has 0 saturated heterocycles. The van der Waals surface area contributed by atoms with Crippen molar-refractivity contribution in [1.29, 1.82) is 0 Å². The van der Waals surface area contributed by atoms with Crippen molar-refractivity contribution in [1.82, 2.24) is 4.90 Å². The molecule has 0 bridgehead atoms. The first-order valence-electron chi connectivity index (χ1n) is 11.2. The van der Waals surface area contributed by atoms with Gasteiger partial charge in [0, 0.05) is 37.2 Å². The summed E-state index contributed by atoms with van der Waals surface area (Å²) in [7, 11) is -2.67. The zero-order chi connectivity index (χ0) is 26.5. The molecule has 1 unspecified atom stereocenters. The third-order valence-electron chi connectivity index (χ3n) is 5.67. The summed E-state index contributed by atoms with van der Waals surface area (Å²) in [6.07, 6.45) is 0.546. The van der Waals surface area contributed by atoms with Crippen molar-refractivity contribution in [2.75, 3.05) is 24.5 Å². The molecule has 0 aliphatic rings. The van der Waals surface area contributed by atoms with Crippen LogP contribution < -0.4 is 9.04 Å². The molecule has 0 aliphatic heterocycles. The number of rotatable bonds is 10. The second-order valence-electron chi connectivity index (χ2n) is 8.21. The van der Waals surface area contributed by atoms with Gasteiger partial charge in [-0.25, -0.2) is 17.2 Å². The zero-order valence-corrected chi connectivity index (χ0v) is 21.7. The summed E-state index contributed by atoms with van der Waals surface area (Å²) in [5.41, 5.74) is 0.0222. The van der Waals surface area contributed by atoms with Crippen LogP contribution in [0.5, 0.6) is 5.75 Å². The molecule has 0 aliphatic carbocycles. The van der Waals surface area contributed by atoms with Crippen molar-refractivity contribution in [2.24, 2.45) is 0 Å². The average molecular weight is 537 g/mol. The third-order valence-corrected chi connectivity index (χ3v) is 7.82. The molecular formula is C26H27ClF2N2O4S. The van der Waals surface area contributed by atoms with E-state index >= 15 is 0 Å². The van der Waals surface area contributed by atoms with E-state index in [0.717, 1.165) is 22.5 Å². The van der Waals surface area contributed by atoms with E-state index in [1.807, 2.05) is 0 Å². The van der Waals surface area contributed by atoms with Crippen molar-refractivity contribution >= 4 is 33.2 Å². The molecule has 0 N–H and O–H groups in total. The Hall–Kier alpha value is -3.17. The Morgan fingerprint density at radius 1 is 1.06 bits per heavy atom. The highest BCUT2D eigenvalue weighted by Crippen LogP contribution is 2.38. The molecule has 36 heavy (non-hydrogen) atoms. The van der Waals surface area contributed by atoms with Gasteiger partial charge in [-0.3, -0.25) is 9.10 Å². The number of nitrogens with zero attached hydrogens (tertiary/aromatic N) is 2. The van der Waals surface area contributed by atoms with Crippen molar-refractivity contribution in [3.8, 4) is 5.75 Å². The van der Waals surface area contributed by atoms with Crippen molar-refractivity contribution in [3.63, 3.8) is 0 Å². The van der Waals surface area contributed by atoms with Crippen LogP contribution >= 0.6 is 11.6 Å². The lowest BCUT2D eigenvalue weighted by atomic mass is 10.1. The summed E-state index contributed by atoms with van der Waals surface area (Å²) in [4.78, 5) is 12.8. The third kappa shape index (κ3) is 6.33. The standard InChI is InChI=1S/C26H27ClF2N2O4S/c1-18(23-7-4-5-8-26(23)35-16-6-15-30(3)19(2)32)31(25-17-21(28)11-14-24(25)29)36(33,34)22-12-9-20(27)10-13-22/h4-5,7-14,17-18H,6,15-16H2,1-3H3. The fourth-order valence-corrected chi connectivity index (χ4v) is 5.41. The van der Waals surface area contributed by atoms with E-state index in [0.29, 0.717) is 29.3 Å². The van der Waals surface area contributed by atoms with E-state index in [1.165, 1.54) is 31.2 Å². The van der Waals surface area contributed by atoms with E-state index in [9.17, 15) is 22.0 Å². The molecular weight excluding hydrogens is 510 g/mol. The van der Waals surface area contributed by atoms with E-state index in [2.05, 4.69) is 0 Å². The topological polar surface area (TPSA) is 66.9 Å². The minimum atomic E-state index is -4.35. The van der Waals surface area contributed by atoms with Gasteiger partial charge in [0.25, 0.3) is 10.0 Å². The zero-order valence-electron chi connectivity index (χ0n) is 20.1. The number of ether oxygens (including phenoxy) is 1. The SMILES string of the molecule is CC(=O)N(C)CCCOc1ccccc1C(C)N(c1cc(F)ccc1F)S(=O)(=O)c1ccc(Cl)cc1. The summed E-state index contributed by atoms with van der Waals surface area (Å²) in [5.74, 6) is -1.35. The molecule has 6 nitrogen and oxygen atoms in total. The van der Waals surface area contributed by atoms with Gasteiger partial charge in [-0.2, -0.15) is 0 Å². The van der Waals surface area contributed by atoms with E-state index in [4.69, 9.17) is 16.3 Å². The lowest BCUT2D eigenvalue weighted by molar-refractivity contribution is -0.127. The Kier molecular flexibility index (Phi) is 8.92. The second kappa shape index (κ2) is 11.7. The van der Waals surface area contributed by atoms with Gasteiger partial charge in [0.05, 0.1) is 23.2 Å². The first kappa shape index (κ1) is 27.4. The number of sulfonamides is 1. The van der Waals surface area contributed by atoms with Gasteiger partial charge in [-0.1, -0.05) is 29.8 Å². The minimum absolute atomic E-state index is 0.0656. The van der Waals surface area contributed by atoms with Crippen LogP contribution in [0, 0.1) is 11.6 Å². The largest absolute Gasteiger partial charge is 0.493 e. The van der Waals surface area contributed by atoms with E-state index < -0.39 is 33.4 Å². The number of carbonyl (C=O) groups is 1. The Morgan fingerprint density at radius 2 is 1.72 bits per heavy atom. The molecule has 1 atom stereocenters. The smallest absolute Gasteiger partial charge is 0.264 e. The summed E-state index contributed by atoms with van der Waals surface area (Å²) in [5, 5.41) is 0.333.